The Hall–Kier alpha value is -3.29. The van der Waals surface area contributed by atoms with Crippen molar-refractivity contribution in [3.8, 4) is 11.5 Å². The van der Waals surface area contributed by atoms with E-state index < -0.39 is 16.1 Å². The standard InChI is InChI=1S/C25H26N2O4S/c1-17-5-9-19(10-6-17)23-16-22(20-11-14-24(30-3)25(15-20)31-4)26-27(23)32(28,29)21-12-7-18(2)8-13-21/h5-16,23,26H,1-4H3. The maximum atomic E-state index is 13.6. The molecule has 0 aromatic heterocycles. The molecule has 7 heteroatoms. The van der Waals surface area contributed by atoms with Crippen molar-refractivity contribution in [2.45, 2.75) is 24.8 Å². The van der Waals surface area contributed by atoms with Crippen molar-refractivity contribution in [1.82, 2.24) is 9.84 Å². The fourth-order valence-electron chi connectivity index (χ4n) is 3.64. The van der Waals surface area contributed by atoms with Crippen molar-refractivity contribution in [3.63, 3.8) is 0 Å². The second-order valence-corrected chi connectivity index (χ2v) is 9.55. The number of ether oxygens (including phenoxy) is 2. The van der Waals surface area contributed by atoms with Gasteiger partial charge in [-0.25, -0.2) is 8.42 Å². The lowest BCUT2D eigenvalue weighted by Crippen LogP contribution is -2.39. The minimum atomic E-state index is -3.82. The van der Waals surface area contributed by atoms with Crippen LogP contribution in [0, 0.1) is 13.8 Å². The van der Waals surface area contributed by atoms with Gasteiger partial charge < -0.3 is 14.9 Å². The number of hydrogen-bond acceptors (Lipinski definition) is 5. The van der Waals surface area contributed by atoms with E-state index in [9.17, 15) is 8.42 Å². The summed E-state index contributed by atoms with van der Waals surface area (Å²) in [6, 6.07) is 19.7. The lowest BCUT2D eigenvalue weighted by Gasteiger charge is -2.25. The van der Waals surface area contributed by atoms with Crippen molar-refractivity contribution in [2.75, 3.05) is 14.2 Å². The number of nitrogens with zero attached hydrogens (tertiary/aromatic N) is 1. The van der Waals surface area contributed by atoms with Gasteiger partial charge in [-0.1, -0.05) is 47.5 Å². The Bertz CT molecular complexity index is 1250. The van der Waals surface area contributed by atoms with Crippen LogP contribution in [0.5, 0.6) is 11.5 Å². The summed E-state index contributed by atoms with van der Waals surface area (Å²) in [7, 11) is -0.670. The number of hydrogen-bond donors (Lipinski definition) is 1. The molecule has 0 fully saturated rings. The van der Waals surface area contributed by atoms with E-state index in [0.717, 1.165) is 22.3 Å². The summed E-state index contributed by atoms with van der Waals surface area (Å²) >= 11 is 0. The molecule has 1 atom stereocenters. The average Bonchev–Trinajstić information content (AvgIpc) is 3.26. The number of rotatable bonds is 6. The Kier molecular flexibility index (Phi) is 5.95. The summed E-state index contributed by atoms with van der Waals surface area (Å²) in [4.78, 5) is 0.231. The fraction of sp³-hybridized carbons (Fsp3) is 0.200. The Balaban J connectivity index is 1.78. The van der Waals surface area contributed by atoms with E-state index in [1.807, 2.05) is 56.3 Å². The van der Waals surface area contributed by atoms with Gasteiger partial charge in [-0.15, -0.1) is 4.41 Å². The SMILES string of the molecule is COc1ccc(C2=CC(c3ccc(C)cc3)N(S(=O)(=O)c3ccc(C)cc3)N2)cc1OC. The molecule has 1 aliphatic rings. The van der Waals surface area contributed by atoms with Crippen molar-refractivity contribution in [1.29, 1.82) is 0 Å². The third kappa shape index (κ3) is 4.09. The molecule has 0 radical (unpaired) electrons. The summed E-state index contributed by atoms with van der Waals surface area (Å²) in [5.41, 5.74) is 7.56. The third-order valence-corrected chi connectivity index (χ3v) is 7.20. The predicted molar refractivity (Wildman–Crippen MR) is 125 cm³/mol. The molecule has 0 bridgehead atoms. The van der Waals surface area contributed by atoms with Gasteiger partial charge in [-0.3, -0.25) is 0 Å². The first-order valence-electron chi connectivity index (χ1n) is 10.2. The Labute approximate surface area is 189 Å². The van der Waals surface area contributed by atoms with Gasteiger partial charge in [0.15, 0.2) is 11.5 Å². The predicted octanol–water partition coefficient (Wildman–Crippen LogP) is 4.61. The molecular weight excluding hydrogens is 424 g/mol. The highest BCUT2D eigenvalue weighted by Crippen LogP contribution is 2.37. The Morgan fingerprint density at radius 1 is 0.812 bits per heavy atom. The van der Waals surface area contributed by atoms with E-state index in [1.165, 1.54) is 4.41 Å². The molecule has 0 saturated heterocycles. The van der Waals surface area contributed by atoms with Crippen molar-refractivity contribution in [2.24, 2.45) is 0 Å². The van der Waals surface area contributed by atoms with Crippen LogP contribution in [-0.2, 0) is 10.0 Å². The quantitative estimate of drug-likeness (QED) is 0.594. The molecule has 3 aromatic rings. The van der Waals surface area contributed by atoms with Crippen molar-refractivity contribution in [3.05, 3.63) is 95.1 Å². The molecule has 1 heterocycles. The second-order valence-electron chi connectivity index (χ2n) is 7.73. The summed E-state index contributed by atoms with van der Waals surface area (Å²) in [6.07, 6.45) is 1.91. The van der Waals surface area contributed by atoms with E-state index in [0.29, 0.717) is 17.2 Å². The number of benzene rings is 3. The molecule has 32 heavy (non-hydrogen) atoms. The number of sulfonamides is 1. The highest BCUT2D eigenvalue weighted by molar-refractivity contribution is 7.89. The molecule has 1 N–H and O–H groups in total. The van der Waals surface area contributed by atoms with Gasteiger partial charge in [0.25, 0.3) is 10.0 Å². The van der Waals surface area contributed by atoms with Crippen molar-refractivity contribution < 1.29 is 17.9 Å². The normalized spacial score (nSPS) is 16.4. The van der Waals surface area contributed by atoms with Crippen LogP contribution >= 0.6 is 0 Å². The molecule has 1 aliphatic heterocycles. The van der Waals surface area contributed by atoms with E-state index in [4.69, 9.17) is 9.47 Å². The van der Waals surface area contributed by atoms with E-state index in [2.05, 4.69) is 5.43 Å². The first-order chi connectivity index (χ1) is 15.3. The molecule has 0 amide bonds. The largest absolute Gasteiger partial charge is 0.493 e. The minimum Gasteiger partial charge on any atom is -0.493 e. The maximum Gasteiger partial charge on any atom is 0.260 e. The molecular formula is C25H26N2O4S. The molecule has 166 valence electrons. The smallest absolute Gasteiger partial charge is 0.260 e. The van der Waals surface area contributed by atoms with Gasteiger partial charge in [0.05, 0.1) is 30.9 Å². The van der Waals surface area contributed by atoms with Crippen LogP contribution in [0.3, 0.4) is 0 Å². The first-order valence-corrected chi connectivity index (χ1v) is 11.7. The second kappa shape index (κ2) is 8.68. The number of aryl methyl sites for hydroxylation is 2. The van der Waals surface area contributed by atoms with Gasteiger partial charge in [0, 0.05) is 5.56 Å². The lowest BCUT2D eigenvalue weighted by molar-refractivity contribution is 0.347. The molecule has 6 nitrogen and oxygen atoms in total. The minimum absolute atomic E-state index is 0.231. The van der Waals surface area contributed by atoms with E-state index in [-0.39, 0.29) is 4.90 Å². The van der Waals surface area contributed by atoms with Crippen LogP contribution in [0.4, 0.5) is 0 Å². The topological polar surface area (TPSA) is 67.9 Å². The summed E-state index contributed by atoms with van der Waals surface area (Å²) < 4.78 is 39.2. The fourth-order valence-corrected chi connectivity index (χ4v) is 5.05. The first kappa shape index (κ1) is 21.9. The monoisotopic (exact) mass is 450 g/mol. The van der Waals surface area contributed by atoms with Crippen LogP contribution in [-0.4, -0.2) is 27.1 Å². The number of nitrogens with one attached hydrogen (secondary N) is 1. The van der Waals surface area contributed by atoms with Gasteiger partial charge in [0.2, 0.25) is 0 Å². The summed E-state index contributed by atoms with van der Waals surface area (Å²) in [5.74, 6) is 1.17. The maximum absolute atomic E-state index is 13.6. The van der Waals surface area contributed by atoms with Crippen molar-refractivity contribution >= 4 is 15.7 Å². The van der Waals surface area contributed by atoms with Crippen LogP contribution in [0.2, 0.25) is 0 Å². The zero-order valence-electron chi connectivity index (χ0n) is 18.5. The van der Waals surface area contributed by atoms with Gasteiger partial charge >= 0.3 is 0 Å². The van der Waals surface area contributed by atoms with Gasteiger partial charge in [-0.2, -0.15) is 0 Å². The number of methoxy groups -OCH3 is 2. The molecule has 0 aliphatic carbocycles. The third-order valence-electron chi connectivity index (χ3n) is 5.50. The summed E-state index contributed by atoms with van der Waals surface area (Å²) in [5, 5.41) is 0. The van der Waals surface area contributed by atoms with Crippen LogP contribution in [0.15, 0.2) is 77.7 Å². The summed E-state index contributed by atoms with van der Waals surface area (Å²) in [6.45, 7) is 3.93. The molecule has 0 spiro atoms. The average molecular weight is 451 g/mol. The Morgan fingerprint density at radius 3 is 2.00 bits per heavy atom. The van der Waals surface area contributed by atoms with E-state index >= 15 is 0 Å². The van der Waals surface area contributed by atoms with Crippen LogP contribution in [0.25, 0.3) is 5.70 Å². The number of hydrazine groups is 1. The zero-order valence-corrected chi connectivity index (χ0v) is 19.3. The zero-order chi connectivity index (χ0) is 22.9. The van der Waals surface area contributed by atoms with Gasteiger partial charge in [-0.05, 0) is 55.8 Å². The molecule has 4 rings (SSSR count). The van der Waals surface area contributed by atoms with Gasteiger partial charge in [0.1, 0.15) is 0 Å². The molecule has 0 saturated carbocycles. The lowest BCUT2D eigenvalue weighted by atomic mass is 10.0. The highest BCUT2D eigenvalue weighted by atomic mass is 32.2. The molecule has 1 unspecified atom stereocenters. The molecule has 3 aromatic carbocycles. The Morgan fingerprint density at radius 2 is 1.41 bits per heavy atom. The highest BCUT2D eigenvalue weighted by Gasteiger charge is 2.37. The van der Waals surface area contributed by atoms with Crippen LogP contribution in [0.1, 0.15) is 28.3 Å². The van der Waals surface area contributed by atoms with E-state index in [1.54, 1.807) is 44.6 Å². The van der Waals surface area contributed by atoms with Crippen LogP contribution < -0.4 is 14.9 Å².